The Morgan fingerprint density at radius 1 is 1.26 bits per heavy atom. The quantitative estimate of drug-likeness (QED) is 0.304. The van der Waals surface area contributed by atoms with Gasteiger partial charge in [0.15, 0.2) is 6.20 Å². The summed E-state index contributed by atoms with van der Waals surface area (Å²) in [5.74, 6) is 0.724. The number of fused-ring (bicyclic) bond motifs is 1. The number of halogens is 1. The largest absolute Gasteiger partial charge is 0.501 e. The maximum Gasteiger partial charge on any atom is 0.284 e. The number of pyridine rings is 1. The number of nitro groups is 1. The molecule has 0 bridgehead atoms. The van der Waals surface area contributed by atoms with E-state index in [9.17, 15) is 15.2 Å². The minimum atomic E-state index is -0.442. The van der Waals surface area contributed by atoms with Crippen molar-refractivity contribution in [2.45, 2.75) is 0 Å². The standard InChI is InChI=1S/C16H11IN2O4/c1-23-11-6-4-10(5-7-11)18-8-2-3-12-14(19(21)22)9-13(17)16(20)15(12)18/h2-9H,1H3/p+1. The average molecular weight is 423 g/mol. The van der Waals surface area contributed by atoms with Crippen LogP contribution in [0.5, 0.6) is 11.5 Å². The number of nitro benzene ring substituents is 1. The lowest BCUT2D eigenvalue weighted by molar-refractivity contribution is -0.567. The number of phenolic OH excluding ortho intramolecular Hbond substituents is 1. The number of hydrogen-bond acceptors (Lipinski definition) is 4. The van der Waals surface area contributed by atoms with E-state index in [-0.39, 0.29) is 11.4 Å². The average Bonchev–Trinajstić information content (AvgIpc) is 2.57. The van der Waals surface area contributed by atoms with Crippen molar-refractivity contribution in [1.29, 1.82) is 0 Å². The monoisotopic (exact) mass is 423 g/mol. The van der Waals surface area contributed by atoms with Crippen LogP contribution in [0, 0.1) is 13.7 Å². The van der Waals surface area contributed by atoms with Gasteiger partial charge in [-0.3, -0.25) is 10.1 Å². The first-order chi connectivity index (χ1) is 11.0. The normalized spacial score (nSPS) is 10.7. The molecule has 1 aromatic heterocycles. The van der Waals surface area contributed by atoms with E-state index in [0.29, 0.717) is 20.2 Å². The van der Waals surface area contributed by atoms with Gasteiger partial charge >= 0.3 is 0 Å². The Kier molecular flexibility index (Phi) is 4.03. The number of benzene rings is 2. The Labute approximate surface area is 145 Å². The summed E-state index contributed by atoms with van der Waals surface area (Å²) in [6.07, 6.45) is 1.75. The van der Waals surface area contributed by atoms with E-state index in [4.69, 9.17) is 4.74 Å². The van der Waals surface area contributed by atoms with Crippen LogP contribution in [0.25, 0.3) is 16.6 Å². The zero-order valence-corrected chi connectivity index (χ0v) is 14.2. The van der Waals surface area contributed by atoms with Gasteiger partial charge in [-0.2, -0.15) is 4.57 Å². The lowest BCUT2D eigenvalue weighted by atomic mass is 10.1. The highest BCUT2D eigenvalue weighted by Gasteiger charge is 2.26. The Morgan fingerprint density at radius 3 is 2.57 bits per heavy atom. The molecule has 0 radical (unpaired) electrons. The summed E-state index contributed by atoms with van der Waals surface area (Å²) < 4.78 is 7.28. The number of nitrogens with zero attached hydrogens (tertiary/aromatic N) is 2. The molecular formula is C16H12IN2O4+. The van der Waals surface area contributed by atoms with Crippen molar-refractivity contribution >= 4 is 39.2 Å². The van der Waals surface area contributed by atoms with E-state index in [1.54, 1.807) is 42.1 Å². The molecule has 0 spiro atoms. The molecule has 0 unspecified atom stereocenters. The fraction of sp³-hybridized carbons (Fsp3) is 0.0625. The van der Waals surface area contributed by atoms with Gasteiger partial charge in [0.2, 0.25) is 11.4 Å². The van der Waals surface area contributed by atoms with Gasteiger partial charge in [-0.1, -0.05) is 0 Å². The smallest absolute Gasteiger partial charge is 0.284 e. The molecule has 1 N–H and O–H groups in total. The van der Waals surface area contributed by atoms with Crippen molar-refractivity contribution in [3.05, 3.63) is 62.3 Å². The molecule has 0 saturated heterocycles. The number of aromatic hydroxyl groups is 1. The maximum atomic E-state index is 11.3. The van der Waals surface area contributed by atoms with Gasteiger partial charge < -0.3 is 9.84 Å². The first kappa shape index (κ1) is 15.5. The molecular weight excluding hydrogens is 411 g/mol. The number of rotatable bonds is 3. The van der Waals surface area contributed by atoms with Crippen LogP contribution < -0.4 is 9.30 Å². The molecule has 0 aliphatic heterocycles. The fourth-order valence-electron chi connectivity index (χ4n) is 2.45. The fourth-order valence-corrected chi connectivity index (χ4v) is 3.00. The van der Waals surface area contributed by atoms with Gasteiger partial charge in [0.05, 0.1) is 15.6 Å². The molecule has 0 fully saturated rings. The second kappa shape index (κ2) is 5.99. The third kappa shape index (κ3) is 2.67. The number of ether oxygens (including phenoxy) is 1. The van der Waals surface area contributed by atoms with Gasteiger partial charge in [0.1, 0.15) is 11.1 Å². The summed E-state index contributed by atoms with van der Waals surface area (Å²) in [5, 5.41) is 22.1. The second-order valence-corrected chi connectivity index (χ2v) is 5.98. The van der Waals surface area contributed by atoms with Crippen LogP contribution in [0.1, 0.15) is 0 Å². The zero-order chi connectivity index (χ0) is 16.6. The molecule has 6 nitrogen and oxygen atoms in total. The Balaban J connectivity index is 2.35. The highest BCUT2D eigenvalue weighted by Crippen LogP contribution is 2.34. The number of non-ortho nitro benzene ring substituents is 1. The van der Waals surface area contributed by atoms with Crippen LogP contribution in [0.3, 0.4) is 0 Å². The summed E-state index contributed by atoms with van der Waals surface area (Å²) in [4.78, 5) is 10.9. The van der Waals surface area contributed by atoms with E-state index in [1.807, 2.05) is 34.7 Å². The van der Waals surface area contributed by atoms with E-state index >= 15 is 0 Å². The maximum absolute atomic E-state index is 11.3. The summed E-state index contributed by atoms with van der Waals surface area (Å²) in [6.45, 7) is 0. The summed E-state index contributed by atoms with van der Waals surface area (Å²) in [7, 11) is 1.58. The Hall–Kier alpha value is -2.42. The van der Waals surface area contributed by atoms with Crippen molar-refractivity contribution < 1.29 is 19.3 Å². The summed E-state index contributed by atoms with van der Waals surface area (Å²) in [5.41, 5.74) is 1.13. The first-order valence-corrected chi connectivity index (χ1v) is 7.75. The molecule has 0 amide bonds. The topological polar surface area (TPSA) is 76.5 Å². The van der Waals surface area contributed by atoms with E-state index in [1.165, 1.54) is 6.07 Å². The predicted molar refractivity (Wildman–Crippen MR) is 93.1 cm³/mol. The molecule has 3 rings (SSSR count). The minimum Gasteiger partial charge on any atom is -0.501 e. The van der Waals surface area contributed by atoms with Gasteiger partial charge in [-0.15, -0.1) is 0 Å². The highest BCUT2D eigenvalue weighted by molar-refractivity contribution is 14.1. The SMILES string of the molecule is COc1ccc(-[n+]2cccc3c([N+](=O)[O-])cc(I)c(O)c32)cc1. The second-order valence-electron chi connectivity index (χ2n) is 4.82. The van der Waals surface area contributed by atoms with E-state index < -0.39 is 4.92 Å². The van der Waals surface area contributed by atoms with Crippen LogP contribution in [-0.4, -0.2) is 17.1 Å². The van der Waals surface area contributed by atoms with Crippen molar-refractivity contribution in [2.24, 2.45) is 0 Å². The van der Waals surface area contributed by atoms with Crippen molar-refractivity contribution in [3.8, 4) is 17.2 Å². The van der Waals surface area contributed by atoms with Crippen LogP contribution >= 0.6 is 22.6 Å². The number of phenols is 1. The lowest BCUT2D eigenvalue weighted by Crippen LogP contribution is -2.31. The lowest BCUT2D eigenvalue weighted by Gasteiger charge is -2.05. The van der Waals surface area contributed by atoms with Crippen LogP contribution in [-0.2, 0) is 0 Å². The van der Waals surface area contributed by atoms with Gasteiger partial charge in [0, 0.05) is 24.3 Å². The van der Waals surface area contributed by atoms with Crippen molar-refractivity contribution in [2.75, 3.05) is 7.11 Å². The summed E-state index contributed by atoms with van der Waals surface area (Å²) in [6, 6.07) is 11.9. The number of aromatic nitrogens is 1. The van der Waals surface area contributed by atoms with Gasteiger partial charge in [-0.25, -0.2) is 0 Å². The van der Waals surface area contributed by atoms with E-state index in [0.717, 1.165) is 5.69 Å². The third-order valence-corrected chi connectivity index (χ3v) is 4.35. The number of methoxy groups -OCH3 is 1. The molecule has 7 heteroatoms. The molecule has 116 valence electrons. The Morgan fingerprint density at radius 2 is 1.96 bits per heavy atom. The van der Waals surface area contributed by atoms with Crippen LogP contribution in [0.15, 0.2) is 48.7 Å². The van der Waals surface area contributed by atoms with Crippen molar-refractivity contribution in [3.63, 3.8) is 0 Å². The number of hydrogen-bond donors (Lipinski definition) is 1. The molecule has 0 aliphatic rings. The molecule has 0 aliphatic carbocycles. The van der Waals surface area contributed by atoms with E-state index in [2.05, 4.69) is 0 Å². The molecule has 1 heterocycles. The molecule has 2 aromatic carbocycles. The van der Waals surface area contributed by atoms with Gasteiger partial charge in [0.25, 0.3) is 11.2 Å². The molecule has 0 atom stereocenters. The first-order valence-electron chi connectivity index (χ1n) is 6.67. The zero-order valence-electron chi connectivity index (χ0n) is 12.1. The van der Waals surface area contributed by atoms with Crippen LogP contribution in [0.4, 0.5) is 5.69 Å². The van der Waals surface area contributed by atoms with Gasteiger partial charge in [-0.05, 0) is 40.8 Å². The molecule has 3 aromatic rings. The van der Waals surface area contributed by atoms with Crippen LogP contribution in [0.2, 0.25) is 0 Å². The molecule has 0 saturated carbocycles. The summed E-state index contributed by atoms with van der Waals surface area (Å²) >= 11 is 1.89. The highest BCUT2D eigenvalue weighted by atomic mass is 127. The van der Waals surface area contributed by atoms with Crippen molar-refractivity contribution in [1.82, 2.24) is 0 Å². The molecule has 23 heavy (non-hydrogen) atoms. The predicted octanol–water partition coefficient (Wildman–Crippen LogP) is 3.34. The third-order valence-electron chi connectivity index (χ3n) is 3.53. The Bertz CT molecular complexity index is 910. The minimum absolute atomic E-state index is 0.0163.